The molecule has 0 saturated heterocycles. The van der Waals surface area contributed by atoms with Crippen molar-refractivity contribution >= 4 is 0 Å². The van der Waals surface area contributed by atoms with Crippen LogP contribution < -0.4 is 0 Å². The summed E-state index contributed by atoms with van der Waals surface area (Å²) in [6.07, 6.45) is 2.72. The predicted molar refractivity (Wildman–Crippen MR) is 55.8 cm³/mol. The summed E-state index contributed by atoms with van der Waals surface area (Å²) >= 11 is 0. The van der Waals surface area contributed by atoms with E-state index < -0.39 is 0 Å². The number of nitriles is 1. The molecule has 0 radical (unpaired) electrons. The first-order chi connectivity index (χ1) is 6.76. The van der Waals surface area contributed by atoms with E-state index in [9.17, 15) is 0 Å². The van der Waals surface area contributed by atoms with Crippen molar-refractivity contribution in [2.45, 2.75) is 26.2 Å². The van der Waals surface area contributed by atoms with Crippen molar-refractivity contribution in [1.82, 2.24) is 0 Å². The highest BCUT2D eigenvalue weighted by molar-refractivity contribution is 5.25. The second kappa shape index (κ2) is 5.29. The highest BCUT2D eigenvalue weighted by Crippen LogP contribution is 2.15. The Bertz CT molecular complexity index is 310. The van der Waals surface area contributed by atoms with E-state index in [1.807, 2.05) is 19.1 Å². The van der Waals surface area contributed by atoms with Crippen LogP contribution in [0, 0.1) is 17.2 Å². The minimum atomic E-state index is 0.156. The minimum Gasteiger partial charge on any atom is -0.508 e. The van der Waals surface area contributed by atoms with Crippen LogP contribution in [-0.2, 0) is 6.42 Å². The molecule has 1 N–H and O–H groups in total. The lowest BCUT2D eigenvalue weighted by Crippen LogP contribution is -1.97. The Morgan fingerprint density at radius 3 is 2.50 bits per heavy atom. The van der Waals surface area contributed by atoms with E-state index in [1.54, 1.807) is 12.1 Å². The quantitative estimate of drug-likeness (QED) is 0.791. The number of hydrogen-bond acceptors (Lipinski definition) is 2. The molecule has 2 heteroatoms. The summed E-state index contributed by atoms with van der Waals surface area (Å²) in [4.78, 5) is 0. The summed E-state index contributed by atoms with van der Waals surface area (Å²) in [5.74, 6) is 0.449. The third-order valence-electron chi connectivity index (χ3n) is 2.39. The lowest BCUT2D eigenvalue weighted by Gasteiger charge is -2.05. The van der Waals surface area contributed by atoms with Crippen LogP contribution in [0.1, 0.15) is 25.3 Å². The fourth-order valence-electron chi connectivity index (χ4n) is 1.36. The molecule has 1 atom stereocenters. The Morgan fingerprint density at radius 1 is 1.36 bits per heavy atom. The van der Waals surface area contributed by atoms with Gasteiger partial charge in [-0.1, -0.05) is 19.1 Å². The highest BCUT2D eigenvalue weighted by Gasteiger charge is 2.04. The average molecular weight is 189 g/mol. The normalized spacial score (nSPS) is 12.0. The van der Waals surface area contributed by atoms with Gasteiger partial charge in [-0.15, -0.1) is 0 Å². The highest BCUT2D eigenvalue weighted by atomic mass is 16.3. The van der Waals surface area contributed by atoms with E-state index in [1.165, 1.54) is 5.56 Å². The fraction of sp³-hybridized carbons (Fsp3) is 0.417. The van der Waals surface area contributed by atoms with Crippen molar-refractivity contribution in [3.8, 4) is 11.8 Å². The Labute approximate surface area is 84.8 Å². The van der Waals surface area contributed by atoms with Crippen molar-refractivity contribution in [2.75, 3.05) is 0 Å². The Balaban J connectivity index is 2.46. The van der Waals surface area contributed by atoms with Gasteiger partial charge < -0.3 is 5.11 Å². The van der Waals surface area contributed by atoms with Crippen LogP contribution >= 0.6 is 0 Å². The second-order valence-corrected chi connectivity index (χ2v) is 3.44. The van der Waals surface area contributed by atoms with Crippen LogP contribution in [0.2, 0.25) is 0 Å². The van der Waals surface area contributed by atoms with Crippen LogP contribution in [0.15, 0.2) is 24.3 Å². The zero-order valence-electron chi connectivity index (χ0n) is 8.40. The van der Waals surface area contributed by atoms with Crippen molar-refractivity contribution in [1.29, 1.82) is 5.26 Å². The van der Waals surface area contributed by atoms with E-state index in [0.29, 0.717) is 5.75 Å². The minimum absolute atomic E-state index is 0.156. The number of hydrogen-bond donors (Lipinski definition) is 1. The zero-order chi connectivity index (χ0) is 10.4. The molecule has 0 saturated carbocycles. The molecule has 0 aromatic heterocycles. The molecule has 1 unspecified atom stereocenters. The summed E-state index contributed by atoms with van der Waals surface area (Å²) in [6, 6.07) is 9.45. The smallest absolute Gasteiger partial charge is 0.115 e. The van der Waals surface area contributed by atoms with Gasteiger partial charge in [0.05, 0.1) is 6.07 Å². The molecule has 1 rings (SSSR count). The van der Waals surface area contributed by atoms with Gasteiger partial charge in [0.2, 0.25) is 0 Å². The third-order valence-corrected chi connectivity index (χ3v) is 2.39. The van der Waals surface area contributed by atoms with Crippen LogP contribution in [-0.4, -0.2) is 5.11 Å². The first kappa shape index (κ1) is 10.6. The number of benzene rings is 1. The molecule has 0 fully saturated rings. The topological polar surface area (TPSA) is 44.0 Å². The van der Waals surface area contributed by atoms with Gasteiger partial charge in [0.25, 0.3) is 0 Å². The molecule has 0 heterocycles. The molecule has 0 aliphatic rings. The van der Waals surface area contributed by atoms with E-state index >= 15 is 0 Å². The lowest BCUT2D eigenvalue weighted by atomic mass is 9.99. The van der Waals surface area contributed by atoms with Crippen LogP contribution in [0.4, 0.5) is 0 Å². The molecular formula is C12H15NO. The average Bonchev–Trinajstić information content (AvgIpc) is 2.22. The number of aryl methyl sites for hydroxylation is 1. The molecule has 1 aromatic carbocycles. The molecule has 0 amide bonds. The maximum Gasteiger partial charge on any atom is 0.115 e. The summed E-state index contributed by atoms with van der Waals surface area (Å²) in [6.45, 7) is 2.03. The molecule has 74 valence electrons. The number of phenolic OH excluding ortho intramolecular Hbond substituents is 1. The van der Waals surface area contributed by atoms with E-state index in [0.717, 1.165) is 19.3 Å². The fourth-order valence-corrected chi connectivity index (χ4v) is 1.36. The van der Waals surface area contributed by atoms with Gasteiger partial charge in [0.15, 0.2) is 0 Å². The Kier molecular flexibility index (Phi) is 4.00. The van der Waals surface area contributed by atoms with E-state index in [-0.39, 0.29) is 5.92 Å². The van der Waals surface area contributed by atoms with Gasteiger partial charge in [-0.05, 0) is 37.0 Å². The first-order valence-corrected chi connectivity index (χ1v) is 4.93. The van der Waals surface area contributed by atoms with Crippen molar-refractivity contribution < 1.29 is 5.11 Å². The molecule has 0 aliphatic heterocycles. The molecule has 1 aromatic rings. The zero-order valence-corrected chi connectivity index (χ0v) is 8.40. The Hall–Kier alpha value is -1.49. The standard InChI is InChI=1S/C12H15NO/c1-2-10(9-13)3-4-11-5-7-12(14)8-6-11/h5-8,10,14H,2-4H2,1H3. The second-order valence-electron chi connectivity index (χ2n) is 3.44. The van der Waals surface area contributed by atoms with Gasteiger partial charge in [0, 0.05) is 5.92 Å². The molecule has 0 bridgehead atoms. The number of nitrogens with zero attached hydrogens (tertiary/aromatic N) is 1. The molecule has 14 heavy (non-hydrogen) atoms. The molecular weight excluding hydrogens is 174 g/mol. The molecule has 2 nitrogen and oxygen atoms in total. The number of phenols is 1. The van der Waals surface area contributed by atoms with Gasteiger partial charge >= 0.3 is 0 Å². The van der Waals surface area contributed by atoms with Crippen molar-refractivity contribution in [3.05, 3.63) is 29.8 Å². The largest absolute Gasteiger partial charge is 0.508 e. The summed E-state index contributed by atoms with van der Waals surface area (Å²) < 4.78 is 0. The summed E-state index contributed by atoms with van der Waals surface area (Å²) in [5.41, 5.74) is 1.18. The van der Waals surface area contributed by atoms with Gasteiger partial charge in [-0.3, -0.25) is 0 Å². The van der Waals surface area contributed by atoms with Gasteiger partial charge in [-0.2, -0.15) is 5.26 Å². The first-order valence-electron chi connectivity index (χ1n) is 4.93. The van der Waals surface area contributed by atoms with E-state index in [4.69, 9.17) is 10.4 Å². The Morgan fingerprint density at radius 2 is 2.00 bits per heavy atom. The van der Waals surface area contributed by atoms with Gasteiger partial charge in [-0.25, -0.2) is 0 Å². The van der Waals surface area contributed by atoms with Crippen molar-refractivity contribution in [3.63, 3.8) is 0 Å². The predicted octanol–water partition coefficient (Wildman–Crippen LogP) is 2.87. The summed E-state index contributed by atoms with van der Waals surface area (Å²) in [5, 5.41) is 17.8. The SMILES string of the molecule is CCC(C#N)CCc1ccc(O)cc1. The summed E-state index contributed by atoms with van der Waals surface area (Å²) in [7, 11) is 0. The van der Waals surface area contributed by atoms with Gasteiger partial charge in [0.1, 0.15) is 5.75 Å². The van der Waals surface area contributed by atoms with Crippen molar-refractivity contribution in [2.24, 2.45) is 5.92 Å². The monoisotopic (exact) mass is 189 g/mol. The number of rotatable bonds is 4. The van der Waals surface area contributed by atoms with Crippen LogP contribution in [0.25, 0.3) is 0 Å². The van der Waals surface area contributed by atoms with E-state index in [2.05, 4.69) is 6.07 Å². The maximum atomic E-state index is 9.07. The molecule has 0 aliphatic carbocycles. The number of aromatic hydroxyl groups is 1. The van der Waals surface area contributed by atoms with Crippen LogP contribution in [0.3, 0.4) is 0 Å². The lowest BCUT2D eigenvalue weighted by molar-refractivity contribution is 0.475. The third kappa shape index (κ3) is 3.10. The molecule has 0 spiro atoms. The van der Waals surface area contributed by atoms with Crippen LogP contribution in [0.5, 0.6) is 5.75 Å². The maximum absolute atomic E-state index is 9.07.